The minimum atomic E-state index is -0.488. The van der Waals surface area contributed by atoms with Gasteiger partial charge in [0.1, 0.15) is 5.82 Å². The molecule has 0 fully saturated rings. The van der Waals surface area contributed by atoms with Crippen molar-refractivity contribution in [2.45, 2.75) is 19.8 Å². The first-order valence-electron chi connectivity index (χ1n) is 6.80. The minimum Gasteiger partial charge on any atom is -0.324 e. The molecule has 0 unspecified atom stereocenters. The number of carbonyl (C=O) groups is 2. The Morgan fingerprint density at radius 3 is 2.45 bits per heavy atom. The molecule has 2 aromatic rings. The third-order valence-electron chi connectivity index (χ3n) is 3.14. The van der Waals surface area contributed by atoms with Gasteiger partial charge in [0.2, 0.25) is 5.91 Å². The van der Waals surface area contributed by atoms with Gasteiger partial charge in [-0.2, -0.15) is 0 Å². The molecular weight excluding hydrogens is 349 g/mol. The summed E-state index contributed by atoms with van der Waals surface area (Å²) in [5, 5.41) is 2.49. The molecule has 114 valence electrons. The van der Waals surface area contributed by atoms with E-state index in [1.165, 1.54) is 6.07 Å². The zero-order chi connectivity index (χ0) is 16.1. The molecule has 0 aliphatic heterocycles. The smallest absolute Gasteiger partial charge is 0.224 e. The maximum Gasteiger partial charge on any atom is 0.224 e. The number of hydrogen-bond donors (Lipinski definition) is 1. The third-order valence-corrected chi connectivity index (χ3v) is 3.67. The van der Waals surface area contributed by atoms with Crippen LogP contribution in [-0.4, -0.2) is 11.7 Å². The molecule has 3 nitrogen and oxygen atoms in total. The van der Waals surface area contributed by atoms with E-state index in [-0.39, 0.29) is 30.2 Å². The summed E-state index contributed by atoms with van der Waals surface area (Å²) in [5.41, 5.74) is 1.54. The van der Waals surface area contributed by atoms with Gasteiger partial charge < -0.3 is 5.32 Å². The second-order valence-corrected chi connectivity index (χ2v) is 5.88. The lowest BCUT2D eigenvalue weighted by molar-refractivity contribution is -0.116. The van der Waals surface area contributed by atoms with Crippen LogP contribution in [0.15, 0.2) is 46.9 Å². The SMILES string of the molecule is Cc1ccc(F)c(NC(=O)CCC(=O)c2ccc(Br)cc2)c1. The summed E-state index contributed by atoms with van der Waals surface area (Å²) in [6, 6.07) is 11.4. The van der Waals surface area contributed by atoms with Crippen molar-refractivity contribution in [3.8, 4) is 0 Å². The van der Waals surface area contributed by atoms with Crippen LogP contribution >= 0.6 is 15.9 Å². The third kappa shape index (κ3) is 4.49. The average molecular weight is 364 g/mol. The Labute approximate surface area is 136 Å². The predicted molar refractivity (Wildman–Crippen MR) is 87.5 cm³/mol. The van der Waals surface area contributed by atoms with E-state index in [0.29, 0.717) is 5.56 Å². The van der Waals surface area contributed by atoms with Gasteiger partial charge in [-0.3, -0.25) is 9.59 Å². The number of carbonyl (C=O) groups excluding carboxylic acids is 2. The summed E-state index contributed by atoms with van der Waals surface area (Å²) in [5.74, 6) is -0.986. The van der Waals surface area contributed by atoms with Crippen molar-refractivity contribution >= 4 is 33.3 Å². The average Bonchev–Trinajstić information content (AvgIpc) is 2.49. The second kappa shape index (κ2) is 7.31. The van der Waals surface area contributed by atoms with E-state index in [9.17, 15) is 14.0 Å². The fourth-order valence-corrected chi connectivity index (χ4v) is 2.22. The molecule has 0 heterocycles. The van der Waals surface area contributed by atoms with Crippen LogP contribution in [0.25, 0.3) is 0 Å². The summed E-state index contributed by atoms with van der Waals surface area (Å²) in [7, 11) is 0. The highest BCUT2D eigenvalue weighted by atomic mass is 79.9. The van der Waals surface area contributed by atoms with Gasteiger partial charge in [-0.25, -0.2) is 4.39 Å². The number of nitrogens with one attached hydrogen (secondary N) is 1. The number of anilines is 1. The van der Waals surface area contributed by atoms with Crippen molar-refractivity contribution in [1.29, 1.82) is 0 Å². The molecule has 0 aliphatic carbocycles. The molecule has 0 saturated heterocycles. The number of benzene rings is 2. The Balaban J connectivity index is 1.91. The molecule has 1 amide bonds. The number of hydrogen-bond acceptors (Lipinski definition) is 2. The normalized spacial score (nSPS) is 10.3. The highest BCUT2D eigenvalue weighted by Crippen LogP contribution is 2.17. The summed E-state index contributed by atoms with van der Waals surface area (Å²) in [4.78, 5) is 23.8. The van der Waals surface area contributed by atoms with Crippen molar-refractivity contribution < 1.29 is 14.0 Å². The number of halogens is 2. The van der Waals surface area contributed by atoms with Crippen molar-refractivity contribution in [3.05, 3.63) is 63.9 Å². The van der Waals surface area contributed by atoms with Crippen molar-refractivity contribution in [3.63, 3.8) is 0 Å². The lowest BCUT2D eigenvalue weighted by Crippen LogP contribution is -2.14. The van der Waals surface area contributed by atoms with Crippen molar-refractivity contribution in [2.75, 3.05) is 5.32 Å². The number of amides is 1. The van der Waals surface area contributed by atoms with E-state index in [4.69, 9.17) is 0 Å². The molecular formula is C17H15BrFNO2. The summed E-state index contributed by atoms with van der Waals surface area (Å²) in [6.07, 6.45) is 0.100. The highest BCUT2D eigenvalue weighted by molar-refractivity contribution is 9.10. The molecule has 0 saturated carbocycles. The van der Waals surface area contributed by atoms with Crippen LogP contribution in [0.5, 0.6) is 0 Å². The lowest BCUT2D eigenvalue weighted by atomic mass is 10.1. The van der Waals surface area contributed by atoms with Crippen LogP contribution in [0.1, 0.15) is 28.8 Å². The molecule has 0 aliphatic rings. The first kappa shape index (κ1) is 16.4. The molecule has 22 heavy (non-hydrogen) atoms. The number of Topliss-reactive ketones (excluding diaryl/α,β-unsaturated/α-hetero) is 1. The maximum atomic E-state index is 13.5. The Hall–Kier alpha value is -2.01. The fraction of sp³-hybridized carbons (Fsp3) is 0.176. The minimum absolute atomic E-state index is 0.0161. The molecule has 5 heteroatoms. The van der Waals surface area contributed by atoms with Gasteiger partial charge in [0, 0.05) is 22.9 Å². The van der Waals surface area contributed by atoms with Gasteiger partial charge >= 0.3 is 0 Å². The number of aryl methyl sites for hydroxylation is 1. The molecule has 0 atom stereocenters. The number of rotatable bonds is 5. The van der Waals surface area contributed by atoms with E-state index in [1.807, 2.05) is 6.92 Å². The summed E-state index contributed by atoms with van der Waals surface area (Å²) in [6.45, 7) is 1.81. The monoisotopic (exact) mass is 363 g/mol. The summed E-state index contributed by atoms with van der Waals surface area (Å²) >= 11 is 3.30. The Morgan fingerprint density at radius 2 is 1.77 bits per heavy atom. The van der Waals surface area contributed by atoms with E-state index < -0.39 is 5.82 Å². The second-order valence-electron chi connectivity index (χ2n) is 4.96. The molecule has 0 radical (unpaired) electrons. The van der Waals surface area contributed by atoms with E-state index in [0.717, 1.165) is 10.0 Å². The number of ketones is 1. The van der Waals surface area contributed by atoms with E-state index in [2.05, 4.69) is 21.2 Å². The standard InChI is InChI=1S/C17H15BrFNO2/c1-11-2-7-14(19)15(10-11)20-17(22)9-8-16(21)12-3-5-13(18)6-4-12/h2-7,10H,8-9H2,1H3,(H,20,22). The van der Waals surface area contributed by atoms with Gasteiger partial charge in [-0.05, 0) is 36.8 Å². The molecule has 0 bridgehead atoms. The van der Waals surface area contributed by atoms with Crippen molar-refractivity contribution in [1.82, 2.24) is 0 Å². The quantitative estimate of drug-likeness (QED) is 0.795. The van der Waals surface area contributed by atoms with Gasteiger partial charge in [0.25, 0.3) is 0 Å². The van der Waals surface area contributed by atoms with Crippen LogP contribution < -0.4 is 5.32 Å². The van der Waals surface area contributed by atoms with Crippen LogP contribution in [-0.2, 0) is 4.79 Å². The molecule has 0 aromatic heterocycles. The van der Waals surface area contributed by atoms with Gasteiger partial charge in [0.05, 0.1) is 5.69 Å². The van der Waals surface area contributed by atoms with Crippen LogP contribution in [0, 0.1) is 12.7 Å². The largest absolute Gasteiger partial charge is 0.324 e. The predicted octanol–water partition coefficient (Wildman–Crippen LogP) is 4.50. The maximum absolute atomic E-state index is 13.5. The zero-order valence-corrected chi connectivity index (χ0v) is 13.6. The van der Waals surface area contributed by atoms with Crippen LogP contribution in [0.3, 0.4) is 0 Å². The molecule has 0 spiro atoms. The Bertz CT molecular complexity index is 698. The first-order chi connectivity index (χ1) is 10.5. The van der Waals surface area contributed by atoms with Crippen LogP contribution in [0.2, 0.25) is 0 Å². The topological polar surface area (TPSA) is 46.2 Å². The van der Waals surface area contributed by atoms with Crippen molar-refractivity contribution in [2.24, 2.45) is 0 Å². The van der Waals surface area contributed by atoms with Gasteiger partial charge in [-0.1, -0.05) is 34.1 Å². The lowest BCUT2D eigenvalue weighted by Gasteiger charge is -2.07. The van der Waals surface area contributed by atoms with Crippen LogP contribution in [0.4, 0.5) is 10.1 Å². The Kier molecular flexibility index (Phi) is 5.44. The summed E-state index contributed by atoms with van der Waals surface area (Å²) < 4.78 is 14.4. The Morgan fingerprint density at radius 1 is 1.09 bits per heavy atom. The zero-order valence-electron chi connectivity index (χ0n) is 12.0. The van der Waals surface area contributed by atoms with Gasteiger partial charge in [-0.15, -0.1) is 0 Å². The molecule has 2 aromatic carbocycles. The molecule has 2 rings (SSSR count). The van der Waals surface area contributed by atoms with E-state index in [1.54, 1.807) is 36.4 Å². The highest BCUT2D eigenvalue weighted by Gasteiger charge is 2.11. The van der Waals surface area contributed by atoms with Gasteiger partial charge in [0.15, 0.2) is 5.78 Å². The van der Waals surface area contributed by atoms with E-state index >= 15 is 0 Å². The molecule has 1 N–H and O–H groups in total. The first-order valence-corrected chi connectivity index (χ1v) is 7.60. The fourth-order valence-electron chi connectivity index (χ4n) is 1.95.